The smallest absolute Gasteiger partial charge is 0.421 e. The quantitative estimate of drug-likeness (QED) is 0.0374. The lowest BCUT2D eigenvalue weighted by molar-refractivity contribution is -0.133. The van der Waals surface area contributed by atoms with Gasteiger partial charge in [0.2, 0.25) is 17.7 Å². The van der Waals surface area contributed by atoms with Gasteiger partial charge in [-0.2, -0.15) is 13.1 Å². The van der Waals surface area contributed by atoms with E-state index in [1.54, 1.807) is 66.1 Å². The number of anilines is 2. The lowest BCUT2D eigenvalue weighted by atomic mass is 10.0. The van der Waals surface area contributed by atoms with Crippen molar-refractivity contribution in [3.63, 3.8) is 0 Å². The van der Waals surface area contributed by atoms with E-state index in [9.17, 15) is 47.1 Å². The van der Waals surface area contributed by atoms with Crippen LogP contribution in [0.25, 0.3) is 0 Å². The molecular formula is C62H75N9O17S. The number of nitrogens with zero attached hydrogens (tertiary/aromatic N) is 4. The SMILES string of the molecule is C=C1C[C@H]2C=Nc3cc(OCCCOc4cc5c(cc4OC)C(=O)N4CC(=C)C[C@H]4[C@H](O)N5C(=O)OCc4ccc(NC(=O)[C@H](C)NC(=O)[C@@H](NC(=O)COCCNS(=O)(=O)NC(=O)OCC5[C@H]6CCC#CCC[C@@H]56)C(C)C)cc4)c(OC)cc3C(=O)N2C1. The molecule has 476 valence electrons. The van der Waals surface area contributed by atoms with Crippen LogP contribution < -0.4 is 49.2 Å². The molecule has 27 heteroatoms. The van der Waals surface area contributed by atoms with Crippen LogP contribution >= 0.6 is 0 Å². The molecule has 3 fully saturated rings. The van der Waals surface area contributed by atoms with Crippen molar-refractivity contribution < 1.29 is 80.2 Å². The van der Waals surface area contributed by atoms with Crippen LogP contribution in [0.15, 0.2) is 77.8 Å². The number of fused-ring (bicyclic) bond motifs is 5. The van der Waals surface area contributed by atoms with Crippen LogP contribution in [0.2, 0.25) is 0 Å². The number of aliphatic hydroxyl groups excluding tert-OH is 1. The zero-order chi connectivity index (χ0) is 63.7. The minimum atomic E-state index is -4.28. The van der Waals surface area contributed by atoms with Gasteiger partial charge in [-0.1, -0.05) is 50.3 Å². The van der Waals surface area contributed by atoms with Gasteiger partial charge in [-0.05, 0) is 86.1 Å². The standard InChI is InChI=1S/C62H75N9O17S/c1-35(2)55(67-54(72)34-84-22-19-64-89(80,81)68-61(78)87-33-46-42-13-10-8-9-11-14-43(42)46)57(74)65-38(5)56(73)66-40-17-15-39(16-18-40)32-88-62(79)71-48-28-53(51(83-7)26-45(48)59(76)70-31-37(4)24-49(70)60(71)77)86-21-12-20-85-52-27-47-44(25-50(52)82-6)58(75)69-30-36(3)23-41(69)29-63-47/h15-18,25-29,35,38,41-43,46,49,55,60,64,77H,3-4,10-14,19-24,30-34H2,1-2,5-7H3,(H,65,74)(H,66,73)(H,67,72)(H,68,78)/t38-,41-,42-,43+,46?,49-,55-,60-/m0/s1. The first kappa shape index (κ1) is 64.8. The topological polar surface area (TPSA) is 321 Å². The minimum absolute atomic E-state index is 0.0134. The Morgan fingerprint density at radius 2 is 1.43 bits per heavy atom. The van der Waals surface area contributed by atoms with E-state index in [0.29, 0.717) is 70.8 Å². The Morgan fingerprint density at radius 3 is 2.10 bits per heavy atom. The first-order valence-electron chi connectivity index (χ1n) is 29.4. The molecule has 6 N–H and O–H groups in total. The fourth-order valence-electron chi connectivity index (χ4n) is 11.5. The van der Waals surface area contributed by atoms with Gasteiger partial charge in [0, 0.05) is 62.9 Å². The van der Waals surface area contributed by atoms with Crippen LogP contribution in [0.5, 0.6) is 23.0 Å². The molecule has 6 aliphatic rings. The van der Waals surface area contributed by atoms with E-state index in [1.807, 2.05) is 0 Å². The second kappa shape index (κ2) is 28.6. The number of hydrogen-bond donors (Lipinski definition) is 6. The largest absolute Gasteiger partial charge is 0.493 e. The van der Waals surface area contributed by atoms with Crippen LogP contribution in [0.1, 0.15) is 92.0 Å². The van der Waals surface area contributed by atoms with E-state index < -0.39 is 82.9 Å². The van der Waals surface area contributed by atoms with Crippen molar-refractivity contribution in [1.29, 1.82) is 0 Å². The molecule has 4 aliphatic heterocycles. The Labute approximate surface area is 516 Å². The van der Waals surface area contributed by atoms with Gasteiger partial charge in [0.25, 0.3) is 11.8 Å². The third-order valence-corrected chi connectivity index (χ3v) is 17.2. The van der Waals surface area contributed by atoms with Gasteiger partial charge in [0.1, 0.15) is 25.3 Å². The molecule has 0 spiro atoms. The van der Waals surface area contributed by atoms with E-state index in [-0.39, 0.29) is 93.2 Å². The molecule has 3 aromatic rings. The summed E-state index contributed by atoms with van der Waals surface area (Å²) in [6, 6.07) is 9.28. The van der Waals surface area contributed by atoms with Gasteiger partial charge in [0.15, 0.2) is 29.2 Å². The molecule has 0 bridgehead atoms. The number of hydrogen-bond acceptors (Lipinski definition) is 18. The van der Waals surface area contributed by atoms with Gasteiger partial charge >= 0.3 is 22.4 Å². The Hall–Kier alpha value is -8.71. The molecule has 2 aliphatic carbocycles. The number of nitrogens with one attached hydrogen (secondary N) is 5. The van der Waals surface area contributed by atoms with Gasteiger partial charge < -0.3 is 64.0 Å². The van der Waals surface area contributed by atoms with E-state index in [4.69, 9.17) is 33.2 Å². The summed E-state index contributed by atoms with van der Waals surface area (Å²) in [5.41, 5.74) is 3.36. The highest BCUT2D eigenvalue weighted by atomic mass is 32.2. The molecule has 7 amide bonds. The van der Waals surface area contributed by atoms with E-state index in [1.165, 1.54) is 38.2 Å². The van der Waals surface area contributed by atoms with Gasteiger partial charge in [-0.3, -0.25) is 29.0 Å². The summed E-state index contributed by atoms with van der Waals surface area (Å²) in [7, 11) is -1.39. The maximum absolute atomic E-state index is 14.2. The number of carbonyl (C=O) groups is 7. The monoisotopic (exact) mass is 1250 g/mol. The molecule has 1 saturated carbocycles. The van der Waals surface area contributed by atoms with Crippen LogP contribution in [0.4, 0.5) is 26.7 Å². The minimum Gasteiger partial charge on any atom is -0.493 e. The van der Waals surface area contributed by atoms with Crippen molar-refractivity contribution in [2.24, 2.45) is 28.7 Å². The molecule has 9 rings (SSSR count). The second-order valence-corrected chi connectivity index (χ2v) is 24.4. The van der Waals surface area contributed by atoms with Crippen molar-refractivity contribution in [2.75, 3.05) is 77.1 Å². The average molecular weight is 1250 g/mol. The average Bonchev–Trinajstić information content (AvgIpc) is 1.83. The summed E-state index contributed by atoms with van der Waals surface area (Å²) >= 11 is 0. The summed E-state index contributed by atoms with van der Waals surface area (Å²) < 4.78 is 68.6. The molecule has 2 saturated heterocycles. The third kappa shape index (κ3) is 15.8. The number of aliphatic imine (C=N–C) groups is 1. The van der Waals surface area contributed by atoms with E-state index in [2.05, 4.69) is 50.7 Å². The first-order valence-corrected chi connectivity index (χ1v) is 30.9. The van der Waals surface area contributed by atoms with Gasteiger partial charge in [-0.15, -0.1) is 11.8 Å². The summed E-state index contributed by atoms with van der Waals surface area (Å²) in [6.45, 7) is 12.5. The second-order valence-electron chi connectivity index (χ2n) is 22.9. The summed E-state index contributed by atoms with van der Waals surface area (Å²) in [5, 5.41) is 19.8. The molecule has 26 nitrogen and oxygen atoms in total. The lowest BCUT2D eigenvalue weighted by Crippen LogP contribution is -2.54. The lowest BCUT2D eigenvalue weighted by Gasteiger charge is -2.31. The van der Waals surface area contributed by atoms with Gasteiger partial charge in [0.05, 0.1) is 75.2 Å². The number of aliphatic hydroxyl groups is 1. The van der Waals surface area contributed by atoms with Gasteiger partial charge in [-0.25, -0.2) is 19.2 Å². The zero-order valence-corrected chi connectivity index (χ0v) is 51.1. The number of ether oxygens (including phenoxy) is 7. The molecular weight excluding hydrogens is 1170 g/mol. The number of benzene rings is 3. The first-order chi connectivity index (χ1) is 42.6. The molecule has 8 atom stereocenters. The zero-order valence-electron chi connectivity index (χ0n) is 50.3. The van der Waals surface area contributed by atoms with Crippen LogP contribution in [-0.4, -0.2) is 169 Å². The Bertz CT molecular complexity index is 3440. The number of carbonyl (C=O) groups excluding carboxylic acids is 7. The fourth-order valence-corrected chi connectivity index (χ4v) is 12.2. The Balaban J connectivity index is 0.733. The Morgan fingerprint density at radius 1 is 0.787 bits per heavy atom. The van der Waals surface area contributed by atoms with Crippen LogP contribution in [0, 0.1) is 35.5 Å². The third-order valence-electron chi connectivity index (χ3n) is 16.2. The van der Waals surface area contributed by atoms with E-state index in [0.717, 1.165) is 36.2 Å². The summed E-state index contributed by atoms with van der Waals surface area (Å²) in [4.78, 5) is 102. The maximum atomic E-state index is 14.2. The number of rotatable bonds is 25. The molecule has 4 heterocycles. The number of amides is 7. The maximum Gasteiger partial charge on any atom is 0.421 e. The highest BCUT2D eigenvalue weighted by Crippen LogP contribution is 2.52. The van der Waals surface area contributed by atoms with Crippen molar-refractivity contribution in [3.8, 4) is 34.8 Å². The van der Waals surface area contributed by atoms with Crippen molar-refractivity contribution >= 4 is 75.2 Å². The Kier molecular flexibility index (Phi) is 20.8. The van der Waals surface area contributed by atoms with Crippen molar-refractivity contribution in [3.05, 3.63) is 89.5 Å². The number of methoxy groups -OCH3 is 2. The fraction of sp³-hybridized carbons (Fsp3) is 0.484. The molecule has 1 unspecified atom stereocenters. The molecule has 0 aromatic heterocycles. The summed E-state index contributed by atoms with van der Waals surface area (Å²) in [5.74, 6) is 5.32. The molecule has 3 aromatic carbocycles. The summed E-state index contributed by atoms with van der Waals surface area (Å²) in [6.07, 6.45) is 2.73. The predicted molar refractivity (Wildman–Crippen MR) is 324 cm³/mol. The van der Waals surface area contributed by atoms with Crippen LogP contribution in [-0.2, 0) is 45.4 Å². The van der Waals surface area contributed by atoms with Crippen LogP contribution in [0.3, 0.4) is 0 Å². The van der Waals surface area contributed by atoms with Crippen molar-refractivity contribution in [1.82, 2.24) is 29.9 Å². The van der Waals surface area contributed by atoms with Crippen molar-refractivity contribution in [2.45, 2.75) is 103 Å². The highest BCUT2D eigenvalue weighted by Gasteiger charge is 2.50. The van der Waals surface area contributed by atoms with E-state index >= 15 is 0 Å². The predicted octanol–water partition coefficient (Wildman–Crippen LogP) is 4.89. The normalized spacial score (nSPS) is 21.3. The molecule has 89 heavy (non-hydrogen) atoms. The highest BCUT2D eigenvalue weighted by molar-refractivity contribution is 7.88. The molecule has 0 radical (unpaired) electrons.